The maximum Gasteiger partial charge on any atom is 0.287 e. The van der Waals surface area contributed by atoms with E-state index in [1.54, 1.807) is 43.3 Å². The third-order valence-electron chi connectivity index (χ3n) is 4.20. The van der Waals surface area contributed by atoms with Crippen molar-refractivity contribution in [3.63, 3.8) is 0 Å². The Morgan fingerprint density at radius 2 is 1.60 bits per heavy atom. The normalized spacial score (nSPS) is 11.2. The molecule has 2 aromatic carbocycles. The molecule has 0 unspecified atom stereocenters. The minimum atomic E-state index is -0.339. The zero-order valence-corrected chi connectivity index (χ0v) is 16.4. The van der Waals surface area contributed by atoms with Crippen molar-refractivity contribution in [2.45, 2.75) is 6.92 Å². The van der Waals surface area contributed by atoms with E-state index in [2.05, 4.69) is 20.8 Å². The number of carbonyl (C=O) groups is 2. The molecule has 9 heteroatoms. The predicted molar refractivity (Wildman–Crippen MR) is 115 cm³/mol. The SMILES string of the molecule is C/C(=N\N=C(N)N)c1cccc(C(=O)NCCNC(=O)c2cc3ccccc3o2)c1. The molecule has 0 radical (unpaired) electrons. The molecule has 0 fully saturated rings. The van der Waals surface area contributed by atoms with Crippen molar-refractivity contribution in [1.82, 2.24) is 10.6 Å². The predicted octanol–water partition coefficient (Wildman–Crippen LogP) is 1.59. The zero-order valence-electron chi connectivity index (χ0n) is 16.4. The number of furan rings is 1. The molecule has 0 bridgehead atoms. The monoisotopic (exact) mass is 406 g/mol. The summed E-state index contributed by atoms with van der Waals surface area (Å²) >= 11 is 0. The van der Waals surface area contributed by atoms with Gasteiger partial charge in [0, 0.05) is 24.0 Å². The van der Waals surface area contributed by atoms with E-state index in [9.17, 15) is 9.59 Å². The molecule has 0 aliphatic heterocycles. The Morgan fingerprint density at radius 1 is 0.900 bits per heavy atom. The molecule has 0 atom stereocenters. The topological polar surface area (TPSA) is 148 Å². The molecular formula is C21H22N6O3. The summed E-state index contributed by atoms with van der Waals surface area (Å²) in [6, 6.07) is 16.0. The van der Waals surface area contributed by atoms with Crippen molar-refractivity contribution in [1.29, 1.82) is 0 Å². The highest BCUT2D eigenvalue weighted by Crippen LogP contribution is 2.18. The van der Waals surface area contributed by atoms with E-state index < -0.39 is 0 Å². The van der Waals surface area contributed by atoms with Crippen molar-refractivity contribution in [3.8, 4) is 0 Å². The molecule has 3 rings (SSSR count). The quantitative estimate of drug-likeness (QED) is 0.203. The van der Waals surface area contributed by atoms with Crippen LogP contribution < -0.4 is 22.1 Å². The Morgan fingerprint density at radius 3 is 2.33 bits per heavy atom. The highest BCUT2D eigenvalue weighted by atomic mass is 16.3. The summed E-state index contributed by atoms with van der Waals surface area (Å²) in [7, 11) is 0. The van der Waals surface area contributed by atoms with Crippen LogP contribution in [0.5, 0.6) is 0 Å². The molecule has 6 N–H and O–H groups in total. The van der Waals surface area contributed by atoms with Crippen LogP contribution in [-0.2, 0) is 0 Å². The second-order valence-electron chi connectivity index (χ2n) is 6.45. The van der Waals surface area contributed by atoms with E-state index >= 15 is 0 Å². The van der Waals surface area contributed by atoms with Crippen molar-refractivity contribution < 1.29 is 14.0 Å². The van der Waals surface area contributed by atoms with Crippen molar-refractivity contribution >= 4 is 34.5 Å². The lowest BCUT2D eigenvalue weighted by Gasteiger charge is -2.07. The second kappa shape index (κ2) is 9.37. The van der Waals surface area contributed by atoms with Gasteiger partial charge in [-0.05, 0) is 36.8 Å². The first kappa shape index (κ1) is 20.6. The van der Waals surface area contributed by atoms with Crippen LogP contribution in [0.2, 0.25) is 0 Å². The highest BCUT2D eigenvalue weighted by Gasteiger charge is 2.12. The van der Waals surface area contributed by atoms with Gasteiger partial charge in [0.1, 0.15) is 5.58 Å². The van der Waals surface area contributed by atoms with E-state index in [-0.39, 0.29) is 36.6 Å². The van der Waals surface area contributed by atoms with Gasteiger partial charge in [0.05, 0.1) is 5.71 Å². The van der Waals surface area contributed by atoms with Gasteiger partial charge in [-0.3, -0.25) is 9.59 Å². The lowest BCUT2D eigenvalue weighted by Crippen LogP contribution is -2.34. The number of para-hydroxylation sites is 1. The van der Waals surface area contributed by atoms with E-state index in [0.717, 1.165) is 5.39 Å². The van der Waals surface area contributed by atoms with Gasteiger partial charge in [0.2, 0.25) is 5.96 Å². The standard InChI is InChI=1S/C21H22N6O3/c1-13(26-27-21(22)23)14-6-4-7-16(11-14)19(28)24-9-10-25-20(29)18-12-15-5-2-3-8-17(15)30-18/h2-8,11-12H,9-10H2,1H3,(H,24,28)(H,25,29)(H4,22,23,27)/b26-13+. The molecule has 154 valence electrons. The summed E-state index contributed by atoms with van der Waals surface area (Å²) in [4.78, 5) is 24.6. The fraction of sp³-hybridized carbons (Fsp3) is 0.143. The zero-order chi connectivity index (χ0) is 21.5. The summed E-state index contributed by atoms with van der Waals surface area (Å²) in [5.74, 6) is -0.530. The third-order valence-corrected chi connectivity index (χ3v) is 4.20. The number of nitrogens with one attached hydrogen (secondary N) is 2. The van der Waals surface area contributed by atoms with Gasteiger partial charge in [-0.15, -0.1) is 5.10 Å². The maximum absolute atomic E-state index is 12.4. The summed E-state index contributed by atoms with van der Waals surface area (Å²) in [6.45, 7) is 2.25. The minimum absolute atomic E-state index is 0.145. The summed E-state index contributed by atoms with van der Waals surface area (Å²) in [6.07, 6.45) is 0. The first-order chi connectivity index (χ1) is 14.4. The van der Waals surface area contributed by atoms with Crippen LogP contribution in [0, 0.1) is 0 Å². The summed E-state index contributed by atoms with van der Waals surface area (Å²) < 4.78 is 5.51. The lowest BCUT2D eigenvalue weighted by atomic mass is 10.1. The largest absolute Gasteiger partial charge is 0.451 e. The van der Waals surface area contributed by atoms with Crippen LogP contribution >= 0.6 is 0 Å². The van der Waals surface area contributed by atoms with Gasteiger partial charge in [-0.2, -0.15) is 5.10 Å². The Balaban J connectivity index is 1.52. The molecular weight excluding hydrogens is 384 g/mol. The van der Waals surface area contributed by atoms with Gasteiger partial charge >= 0.3 is 0 Å². The number of guanidine groups is 1. The van der Waals surface area contributed by atoms with Gasteiger partial charge in [0.25, 0.3) is 11.8 Å². The molecule has 0 saturated carbocycles. The van der Waals surface area contributed by atoms with Gasteiger partial charge < -0.3 is 26.5 Å². The Labute approximate surface area is 172 Å². The van der Waals surface area contributed by atoms with Crippen LogP contribution in [-0.4, -0.2) is 36.6 Å². The highest BCUT2D eigenvalue weighted by molar-refractivity contribution is 6.02. The number of hydrogen-bond donors (Lipinski definition) is 4. The number of nitrogens with zero attached hydrogens (tertiary/aromatic N) is 2. The molecule has 3 aromatic rings. The van der Waals surface area contributed by atoms with Crippen LogP contribution in [0.25, 0.3) is 11.0 Å². The number of carbonyl (C=O) groups excluding carboxylic acids is 2. The van der Waals surface area contributed by atoms with Crippen LogP contribution in [0.1, 0.15) is 33.4 Å². The number of benzene rings is 2. The number of nitrogens with two attached hydrogens (primary N) is 2. The lowest BCUT2D eigenvalue weighted by molar-refractivity contribution is 0.0912. The van der Waals surface area contributed by atoms with Crippen molar-refractivity contribution in [2.75, 3.05) is 13.1 Å². The van der Waals surface area contributed by atoms with Crippen LogP contribution in [0.15, 0.2) is 69.2 Å². The van der Waals surface area contributed by atoms with Crippen LogP contribution in [0.3, 0.4) is 0 Å². The van der Waals surface area contributed by atoms with E-state index in [4.69, 9.17) is 15.9 Å². The first-order valence-corrected chi connectivity index (χ1v) is 9.22. The molecule has 0 saturated heterocycles. The molecule has 9 nitrogen and oxygen atoms in total. The fourth-order valence-corrected chi connectivity index (χ4v) is 2.71. The van der Waals surface area contributed by atoms with Gasteiger partial charge in [-0.25, -0.2) is 0 Å². The van der Waals surface area contributed by atoms with Crippen molar-refractivity contribution in [3.05, 3.63) is 71.5 Å². The average Bonchev–Trinajstić information content (AvgIpc) is 3.19. The average molecular weight is 406 g/mol. The van der Waals surface area contributed by atoms with Crippen LogP contribution in [0.4, 0.5) is 0 Å². The number of amides is 2. The van der Waals surface area contributed by atoms with E-state index in [1.807, 2.05) is 18.2 Å². The van der Waals surface area contributed by atoms with E-state index in [1.165, 1.54) is 0 Å². The minimum Gasteiger partial charge on any atom is -0.451 e. The number of hydrogen-bond acceptors (Lipinski definition) is 5. The third kappa shape index (κ3) is 5.22. The van der Waals surface area contributed by atoms with Gasteiger partial charge in [0.15, 0.2) is 5.76 Å². The van der Waals surface area contributed by atoms with Crippen molar-refractivity contribution in [2.24, 2.45) is 21.7 Å². The molecule has 0 aliphatic rings. The maximum atomic E-state index is 12.4. The summed E-state index contributed by atoms with van der Waals surface area (Å²) in [5, 5.41) is 13.8. The molecule has 0 spiro atoms. The second-order valence-corrected chi connectivity index (χ2v) is 6.45. The van der Waals surface area contributed by atoms with Gasteiger partial charge in [-0.1, -0.05) is 30.3 Å². The number of rotatable bonds is 7. The first-order valence-electron chi connectivity index (χ1n) is 9.22. The molecule has 1 aromatic heterocycles. The molecule has 0 aliphatic carbocycles. The molecule has 1 heterocycles. The number of fused-ring (bicyclic) bond motifs is 1. The molecule has 30 heavy (non-hydrogen) atoms. The van der Waals surface area contributed by atoms with E-state index in [0.29, 0.717) is 22.4 Å². The summed E-state index contributed by atoms with van der Waals surface area (Å²) in [5.41, 5.74) is 12.9. The molecule has 2 amide bonds. The fourth-order valence-electron chi connectivity index (χ4n) is 2.71. The Bertz CT molecular complexity index is 1100. The smallest absolute Gasteiger partial charge is 0.287 e. The Hall–Kier alpha value is -4.14. The Kier molecular flexibility index (Phi) is 6.43.